The number of rotatable bonds is 0. The van der Waals surface area contributed by atoms with Gasteiger partial charge in [0.15, 0.2) is 5.82 Å². The summed E-state index contributed by atoms with van der Waals surface area (Å²) in [6.07, 6.45) is -1.29. The molecule has 6 heteroatoms. The van der Waals surface area contributed by atoms with Crippen LogP contribution in [-0.4, -0.2) is 20.8 Å². The highest BCUT2D eigenvalue weighted by Gasteiger charge is 2.16. The first kappa shape index (κ1) is 8.96. The third-order valence-electron chi connectivity index (χ3n) is 1.79. The lowest BCUT2D eigenvalue weighted by Gasteiger charge is -1.96. The number of halogens is 2. The fourth-order valence-corrected chi connectivity index (χ4v) is 1.47. The SMILES string of the molecule is O=C(O)n1c(Cl)nc2c(F)cccc21. The van der Waals surface area contributed by atoms with E-state index in [0.717, 1.165) is 4.57 Å². The van der Waals surface area contributed by atoms with Gasteiger partial charge in [-0.3, -0.25) is 0 Å². The first-order valence-electron chi connectivity index (χ1n) is 3.67. The van der Waals surface area contributed by atoms with Gasteiger partial charge < -0.3 is 5.11 Å². The summed E-state index contributed by atoms with van der Waals surface area (Å²) in [6, 6.07) is 4.03. The van der Waals surface area contributed by atoms with Crippen LogP contribution in [0.4, 0.5) is 9.18 Å². The van der Waals surface area contributed by atoms with E-state index in [-0.39, 0.29) is 16.3 Å². The van der Waals surface area contributed by atoms with Gasteiger partial charge in [-0.05, 0) is 23.7 Å². The molecule has 72 valence electrons. The maximum atomic E-state index is 13.1. The Bertz CT molecular complexity index is 523. The van der Waals surface area contributed by atoms with E-state index in [4.69, 9.17) is 16.7 Å². The third-order valence-corrected chi connectivity index (χ3v) is 2.04. The van der Waals surface area contributed by atoms with Gasteiger partial charge in [-0.2, -0.15) is 0 Å². The fraction of sp³-hybridized carbons (Fsp3) is 0. The molecular formula is C8H4ClFN2O2. The summed E-state index contributed by atoms with van der Waals surface area (Å²) in [5.74, 6) is -0.593. The monoisotopic (exact) mass is 214 g/mol. The zero-order valence-electron chi connectivity index (χ0n) is 6.74. The van der Waals surface area contributed by atoms with Crippen molar-refractivity contribution in [2.75, 3.05) is 0 Å². The van der Waals surface area contributed by atoms with Gasteiger partial charge in [0.25, 0.3) is 0 Å². The van der Waals surface area contributed by atoms with Gasteiger partial charge in [-0.25, -0.2) is 18.7 Å². The molecule has 1 aromatic carbocycles. The summed E-state index contributed by atoms with van der Waals surface area (Å²) in [5, 5.41) is 8.49. The van der Waals surface area contributed by atoms with Crippen LogP contribution >= 0.6 is 11.6 Å². The summed E-state index contributed by atoms with van der Waals surface area (Å²) < 4.78 is 13.8. The molecule has 2 aromatic rings. The number of hydrogen-bond acceptors (Lipinski definition) is 2. The topological polar surface area (TPSA) is 55.1 Å². The van der Waals surface area contributed by atoms with E-state index < -0.39 is 11.9 Å². The number of aromatic nitrogens is 2. The van der Waals surface area contributed by atoms with Gasteiger partial charge in [0, 0.05) is 0 Å². The lowest BCUT2D eigenvalue weighted by Crippen LogP contribution is -2.07. The maximum absolute atomic E-state index is 13.1. The van der Waals surface area contributed by atoms with Gasteiger partial charge in [0.2, 0.25) is 5.28 Å². The summed E-state index contributed by atoms with van der Waals surface area (Å²) in [7, 11) is 0. The van der Waals surface area contributed by atoms with Gasteiger partial charge >= 0.3 is 6.09 Å². The van der Waals surface area contributed by atoms with Crippen LogP contribution in [0.15, 0.2) is 18.2 Å². The van der Waals surface area contributed by atoms with E-state index in [0.29, 0.717) is 0 Å². The molecule has 0 aliphatic carbocycles. The van der Waals surface area contributed by atoms with E-state index in [2.05, 4.69) is 4.98 Å². The standard InChI is InChI=1S/C8H4ClFN2O2/c9-7-11-6-4(10)2-1-3-5(6)12(7)8(13)14/h1-3H,(H,13,14). The average Bonchev–Trinajstić information content (AvgIpc) is 2.42. The minimum atomic E-state index is -1.29. The first-order chi connectivity index (χ1) is 6.61. The molecule has 1 aromatic heterocycles. The van der Waals surface area contributed by atoms with Crippen LogP contribution < -0.4 is 0 Å². The van der Waals surface area contributed by atoms with Crippen molar-refractivity contribution in [2.45, 2.75) is 0 Å². The van der Waals surface area contributed by atoms with Crippen LogP contribution in [0.5, 0.6) is 0 Å². The quantitative estimate of drug-likeness (QED) is 0.732. The largest absolute Gasteiger partial charge is 0.464 e. The van der Waals surface area contributed by atoms with Crippen LogP contribution in [0, 0.1) is 5.82 Å². The number of carboxylic acid groups (broad SMARTS) is 1. The van der Waals surface area contributed by atoms with Crippen LogP contribution in [0.2, 0.25) is 5.28 Å². The second-order valence-electron chi connectivity index (χ2n) is 2.61. The van der Waals surface area contributed by atoms with Crippen molar-refractivity contribution in [1.82, 2.24) is 9.55 Å². The predicted octanol–water partition coefficient (Wildman–Crippen LogP) is 2.35. The Morgan fingerprint density at radius 1 is 1.57 bits per heavy atom. The number of carbonyl (C=O) groups is 1. The lowest BCUT2D eigenvalue weighted by molar-refractivity contribution is 0.197. The van der Waals surface area contributed by atoms with Gasteiger partial charge in [-0.1, -0.05) is 6.07 Å². The summed E-state index contributed by atoms with van der Waals surface area (Å²) in [6.45, 7) is 0. The maximum Gasteiger partial charge on any atom is 0.418 e. The van der Waals surface area contributed by atoms with E-state index in [1.165, 1.54) is 18.2 Å². The fourth-order valence-electron chi connectivity index (χ4n) is 1.22. The zero-order chi connectivity index (χ0) is 10.3. The Kier molecular flexibility index (Phi) is 1.89. The Morgan fingerprint density at radius 3 is 2.93 bits per heavy atom. The Morgan fingerprint density at radius 2 is 2.29 bits per heavy atom. The van der Waals surface area contributed by atoms with Gasteiger partial charge in [0.05, 0.1) is 5.52 Å². The molecule has 0 saturated heterocycles. The molecular weight excluding hydrogens is 211 g/mol. The molecule has 0 spiro atoms. The second kappa shape index (κ2) is 2.95. The smallest absolute Gasteiger partial charge is 0.418 e. The molecule has 0 fully saturated rings. The number of benzene rings is 1. The van der Waals surface area contributed by atoms with Gasteiger partial charge in [-0.15, -0.1) is 0 Å². The number of hydrogen-bond donors (Lipinski definition) is 1. The van der Waals surface area contributed by atoms with E-state index in [1.54, 1.807) is 0 Å². The van der Waals surface area contributed by atoms with Crippen molar-refractivity contribution >= 4 is 28.7 Å². The Hall–Kier alpha value is -1.62. The van der Waals surface area contributed by atoms with Crippen molar-refractivity contribution in [3.8, 4) is 0 Å². The highest BCUT2D eigenvalue weighted by molar-refractivity contribution is 6.30. The van der Waals surface area contributed by atoms with Crippen LogP contribution in [0.1, 0.15) is 0 Å². The zero-order valence-corrected chi connectivity index (χ0v) is 7.49. The average molecular weight is 215 g/mol. The van der Waals surface area contributed by atoms with E-state index in [1.807, 2.05) is 0 Å². The number of nitrogens with zero attached hydrogens (tertiary/aromatic N) is 2. The molecule has 2 rings (SSSR count). The third kappa shape index (κ3) is 1.13. The Labute approximate surface area is 82.5 Å². The van der Waals surface area contributed by atoms with Crippen molar-refractivity contribution in [2.24, 2.45) is 0 Å². The molecule has 0 aliphatic rings. The lowest BCUT2D eigenvalue weighted by atomic mass is 10.3. The van der Waals surface area contributed by atoms with Crippen molar-refractivity contribution in [3.63, 3.8) is 0 Å². The highest BCUT2D eigenvalue weighted by atomic mass is 35.5. The minimum absolute atomic E-state index is 0.0418. The molecule has 0 aliphatic heterocycles. The molecule has 0 amide bonds. The molecule has 0 bridgehead atoms. The molecule has 0 saturated carbocycles. The minimum Gasteiger partial charge on any atom is -0.464 e. The molecule has 0 unspecified atom stereocenters. The van der Waals surface area contributed by atoms with Crippen LogP contribution in [0.3, 0.4) is 0 Å². The van der Waals surface area contributed by atoms with Crippen LogP contribution in [-0.2, 0) is 0 Å². The number of imidazole rings is 1. The van der Waals surface area contributed by atoms with Crippen LogP contribution in [0.25, 0.3) is 11.0 Å². The summed E-state index contributed by atoms with van der Waals surface area (Å²) >= 11 is 5.54. The summed E-state index contributed by atoms with van der Waals surface area (Å²) in [5.41, 5.74) is 0.0994. The second-order valence-corrected chi connectivity index (χ2v) is 2.94. The Balaban J connectivity index is 2.90. The van der Waals surface area contributed by atoms with Crippen molar-refractivity contribution < 1.29 is 14.3 Å². The molecule has 4 nitrogen and oxygen atoms in total. The number of fused-ring (bicyclic) bond motifs is 1. The summed E-state index contributed by atoms with van der Waals surface area (Å²) in [4.78, 5) is 14.3. The molecule has 0 radical (unpaired) electrons. The predicted molar refractivity (Wildman–Crippen MR) is 48.1 cm³/mol. The van der Waals surface area contributed by atoms with E-state index >= 15 is 0 Å². The molecule has 0 atom stereocenters. The molecule has 1 N–H and O–H groups in total. The van der Waals surface area contributed by atoms with Gasteiger partial charge in [0.1, 0.15) is 5.52 Å². The van der Waals surface area contributed by atoms with E-state index in [9.17, 15) is 9.18 Å². The van der Waals surface area contributed by atoms with Crippen molar-refractivity contribution in [3.05, 3.63) is 29.3 Å². The molecule has 14 heavy (non-hydrogen) atoms. The highest BCUT2D eigenvalue weighted by Crippen LogP contribution is 2.21. The number of para-hydroxylation sites is 1. The normalized spacial score (nSPS) is 10.7. The first-order valence-corrected chi connectivity index (χ1v) is 4.05. The molecule has 1 heterocycles. The van der Waals surface area contributed by atoms with Crippen molar-refractivity contribution in [1.29, 1.82) is 0 Å².